The normalized spacial score (nSPS) is 12.2. The van der Waals surface area contributed by atoms with E-state index >= 15 is 0 Å². The van der Waals surface area contributed by atoms with Crippen molar-refractivity contribution >= 4 is 0 Å². The summed E-state index contributed by atoms with van der Waals surface area (Å²) in [7, 11) is 4.75. The van der Waals surface area contributed by atoms with Gasteiger partial charge in [0.05, 0.1) is 26.2 Å². The van der Waals surface area contributed by atoms with Gasteiger partial charge in [-0.2, -0.15) is 0 Å². The smallest absolute Gasteiger partial charge is 0.0903 e. The van der Waals surface area contributed by atoms with E-state index in [9.17, 15) is 0 Å². The lowest BCUT2D eigenvalue weighted by molar-refractivity contribution is -0.935. The minimum absolute atomic E-state index is 0. The molecular formula is C22H48BrN. The molecule has 0 aromatic rings. The Bertz CT molecular complexity index is 255. The molecule has 0 heterocycles. The van der Waals surface area contributed by atoms with Crippen LogP contribution in [0.5, 0.6) is 0 Å². The van der Waals surface area contributed by atoms with Gasteiger partial charge >= 0.3 is 0 Å². The quantitative estimate of drug-likeness (QED) is 0.280. The molecule has 0 saturated carbocycles. The molecule has 0 aliphatic heterocycles. The summed E-state index contributed by atoms with van der Waals surface area (Å²) in [6, 6.07) is 0. The summed E-state index contributed by atoms with van der Waals surface area (Å²) >= 11 is 0. The molecular weight excluding hydrogens is 358 g/mol. The van der Waals surface area contributed by atoms with Crippen LogP contribution in [0.1, 0.15) is 118 Å². The van der Waals surface area contributed by atoms with Crippen LogP contribution < -0.4 is 17.0 Å². The SMILES string of the molecule is CCCCCCCCCCCCCCCC[N+](C)(C)C(C)(C)C.[Br-]. The second-order valence-electron chi connectivity index (χ2n) is 9.18. The van der Waals surface area contributed by atoms with Gasteiger partial charge in [-0.1, -0.05) is 84.0 Å². The molecule has 0 atom stereocenters. The van der Waals surface area contributed by atoms with Gasteiger partial charge in [0.25, 0.3) is 0 Å². The van der Waals surface area contributed by atoms with E-state index in [1.165, 1.54) is 96.4 Å². The van der Waals surface area contributed by atoms with E-state index in [1.54, 1.807) is 0 Å². The standard InChI is InChI=1S/C22H48N.BrH/c1-7-8-9-10-11-12-13-14-15-16-17-18-19-20-21-23(5,6)22(2,3)4;/h7-21H2,1-6H3;1H/q+1;/p-1. The fourth-order valence-corrected chi connectivity index (χ4v) is 3.04. The molecule has 0 N–H and O–H groups in total. The van der Waals surface area contributed by atoms with Gasteiger partial charge < -0.3 is 21.5 Å². The Hall–Kier alpha value is 0.440. The fraction of sp³-hybridized carbons (Fsp3) is 1.00. The Morgan fingerprint density at radius 2 is 0.833 bits per heavy atom. The predicted octanol–water partition coefficient (Wildman–Crippen LogP) is 4.35. The van der Waals surface area contributed by atoms with Gasteiger partial charge in [0.15, 0.2) is 0 Å². The van der Waals surface area contributed by atoms with E-state index in [-0.39, 0.29) is 17.0 Å². The molecule has 0 rings (SSSR count). The molecule has 0 radical (unpaired) electrons. The van der Waals surface area contributed by atoms with Crippen molar-refractivity contribution in [3.8, 4) is 0 Å². The number of quaternary nitrogens is 1. The van der Waals surface area contributed by atoms with Crippen LogP contribution >= 0.6 is 0 Å². The van der Waals surface area contributed by atoms with Gasteiger partial charge in [0.2, 0.25) is 0 Å². The highest BCUT2D eigenvalue weighted by Gasteiger charge is 2.30. The van der Waals surface area contributed by atoms with Gasteiger partial charge in [-0.3, -0.25) is 0 Å². The molecule has 0 aromatic carbocycles. The summed E-state index contributed by atoms with van der Waals surface area (Å²) < 4.78 is 1.14. The fourth-order valence-electron chi connectivity index (χ4n) is 3.04. The molecule has 24 heavy (non-hydrogen) atoms. The van der Waals surface area contributed by atoms with Crippen LogP contribution in [-0.4, -0.2) is 30.7 Å². The summed E-state index contributed by atoms with van der Waals surface area (Å²) in [6.07, 6.45) is 20.3. The Morgan fingerprint density at radius 1 is 0.542 bits per heavy atom. The third-order valence-corrected chi connectivity index (χ3v) is 5.89. The van der Waals surface area contributed by atoms with Crippen molar-refractivity contribution < 1.29 is 21.5 Å². The van der Waals surface area contributed by atoms with Crippen LogP contribution in [0.3, 0.4) is 0 Å². The van der Waals surface area contributed by atoms with Crippen molar-refractivity contribution in [2.75, 3.05) is 20.6 Å². The second-order valence-corrected chi connectivity index (χ2v) is 9.18. The first-order chi connectivity index (χ1) is 10.8. The third-order valence-electron chi connectivity index (χ3n) is 5.89. The Morgan fingerprint density at radius 3 is 1.12 bits per heavy atom. The van der Waals surface area contributed by atoms with Crippen molar-refractivity contribution in [1.82, 2.24) is 0 Å². The van der Waals surface area contributed by atoms with Crippen LogP contribution in [0, 0.1) is 0 Å². The minimum Gasteiger partial charge on any atom is -1.00 e. The molecule has 0 aliphatic rings. The van der Waals surface area contributed by atoms with Gasteiger partial charge in [-0.05, 0) is 33.6 Å². The van der Waals surface area contributed by atoms with Crippen molar-refractivity contribution in [3.63, 3.8) is 0 Å². The van der Waals surface area contributed by atoms with Gasteiger partial charge in [-0.15, -0.1) is 0 Å². The first-order valence-electron chi connectivity index (χ1n) is 10.6. The Labute approximate surface area is 165 Å². The zero-order valence-electron chi connectivity index (χ0n) is 17.9. The molecule has 0 amide bonds. The molecule has 0 aliphatic carbocycles. The molecule has 2 heteroatoms. The van der Waals surface area contributed by atoms with E-state index in [0.717, 1.165) is 4.48 Å². The average molecular weight is 407 g/mol. The molecule has 0 aromatic heterocycles. The zero-order valence-corrected chi connectivity index (χ0v) is 19.5. The first kappa shape index (κ1) is 26.7. The van der Waals surface area contributed by atoms with Crippen LogP contribution in [0.25, 0.3) is 0 Å². The Kier molecular flexibility index (Phi) is 17.4. The largest absolute Gasteiger partial charge is 1.00 e. The maximum Gasteiger partial charge on any atom is 0.0903 e. The number of nitrogens with zero attached hydrogens (tertiary/aromatic N) is 1. The number of rotatable bonds is 15. The Balaban J connectivity index is 0. The van der Waals surface area contributed by atoms with Crippen LogP contribution in [0.4, 0.5) is 0 Å². The highest BCUT2D eigenvalue weighted by molar-refractivity contribution is 4.60. The maximum absolute atomic E-state index is 2.38. The van der Waals surface area contributed by atoms with Crippen molar-refractivity contribution in [3.05, 3.63) is 0 Å². The monoisotopic (exact) mass is 405 g/mol. The number of hydrogen-bond donors (Lipinski definition) is 0. The molecule has 0 saturated heterocycles. The van der Waals surface area contributed by atoms with Crippen LogP contribution in [0.15, 0.2) is 0 Å². The zero-order chi connectivity index (χ0) is 17.6. The molecule has 1 nitrogen and oxygen atoms in total. The lowest BCUT2D eigenvalue weighted by atomic mass is 10.0. The lowest BCUT2D eigenvalue weighted by Crippen LogP contribution is -3.00. The van der Waals surface area contributed by atoms with E-state index in [0.29, 0.717) is 5.54 Å². The average Bonchev–Trinajstić information content (AvgIpc) is 2.46. The molecule has 148 valence electrons. The topological polar surface area (TPSA) is 0 Å². The number of unbranched alkanes of at least 4 members (excludes halogenated alkanes) is 13. The van der Waals surface area contributed by atoms with E-state index in [4.69, 9.17) is 0 Å². The highest BCUT2D eigenvalue weighted by Crippen LogP contribution is 2.20. The summed E-state index contributed by atoms with van der Waals surface area (Å²) in [6.45, 7) is 10.7. The number of hydrogen-bond acceptors (Lipinski definition) is 0. The van der Waals surface area contributed by atoms with Gasteiger partial charge in [0, 0.05) is 0 Å². The van der Waals surface area contributed by atoms with Crippen LogP contribution in [-0.2, 0) is 0 Å². The predicted molar refractivity (Wildman–Crippen MR) is 107 cm³/mol. The maximum atomic E-state index is 2.38. The minimum atomic E-state index is 0. The van der Waals surface area contributed by atoms with Gasteiger partial charge in [-0.25, -0.2) is 0 Å². The summed E-state index contributed by atoms with van der Waals surface area (Å²) in [5.41, 5.74) is 0.372. The summed E-state index contributed by atoms with van der Waals surface area (Å²) in [5.74, 6) is 0. The summed E-state index contributed by atoms with van der Waals surface area (Å²) in [5, 5.41) is 0. The van der Waals surface area contributed by atoms with E-state index < -0.39 is 0 Å². The second kappa shape index (κ2) is 15.7. The highest BCUT2D eigenvalue weighted by atomic mass is 79.9. The third kappa shape index (κ3) is 14.8. The lowest BCUT2D eigenvalue weighted by Gasteiger charge is -2.42. The van der Waals surface area contributed by atoms with E-state index in [1.807, 2.05) is 0 Å². The molecule has 0 unspecified atom stereocenters. The number of halogens is 1. The van der Waals surface area contributed by atoms with E-state index in [2.05, 4.69) is 41.8 Å². The van der Waals surface area contributed by atoms with Gasteiger partial charge in [0.1, 0.15) is 0 Å². The van der Waals surface area contributed by atoms with Crippen LogP contribution in [0.2, 0.25) is 0 Å². The summed E-state index contributed by atoms with van der Waals surface area (Å²) in [4.78, 5) is 0. The molecule has 0 spiro atoms. The molecule has 0 bridgehead atoms. The van der Waals surface area contributed by atoms with Crippen molar-refractivity contribution in [2.24, 2.45) is 0 Å². The van der Waals surface area contributed by atoms with Crippen molar-refractivity contribution in [1.29, 1.82) is 0 Å². The first-order valence-corrected chi connectivity index (χ1v) is 10.6. The van der Waals surface area contributed by atoms with Crippen molar-refractivity contribution in [2.45, 2.75) is 123 Å². The molecule has 0 fully saturated rings.